The predicted octanol–water partition coefficient (Wildman–Crippen LogP) is 28.9. The van der Waals surface area contributed by atoms with Crippen LogP contribution in [0.5, 0.6) is 0 Å². The number of carbonyl (C=O) groups excluding carboxylic acids is 6. The third kappa shape index (κ3) is 30.2. The Hall–Kier alpha value is -16.8. The first-order valence-electron chi connectivity index (χ1n) is 49.1. The summed E-state index contributed by atoms with van der Waals surface area (Å²) < 4.78 is 92.3. The maximum absolute atomic E-state index is 14.1. The zero-order valence-corrected chi connectivity index (χ0v) is 86.3. The van der Waals surface area contributed by atoms with Gasteiger partial charge in [0.05, 0.1) is 48.3 Å². The summed E-state index contributed by atoms with van der Waals surface area (Å²) in [5, 5.41) is 0. The van der Waals surface area contributed by atoms with Crippen LogP contribution in [0, 0.1) is 31.6 Å². The van der Waals surface area contributed by atoms with Crippen LogP contribution in [0.3, 0.4) is 0 Å². The number of hydrogen-bond donors (Lipinski definition) is 1. The summed E-state index contributed by atoms with van der Waals surface area (Å²) in [7, 11) is -12.0. The van der Waals surface area contributed by atoms with Gasteiger partial charge in [-0.05, 0) is 135 Å². The van der Waals surface area contributed by atoms with E-state index >= 15 is 0 Å². The van der Waals surface area contributed by atoms with Crippen molar-refractivity contribution in [3.63, 3.8) is 0 Å². The van der Waals surface area contributed by atoms with Gasteiger partial charge >= 0.3 is 10.6 Å². The molecule has 0 fully saturated rings. The molecular formula is C131H115O15S3+. The van der Waals surface area contributed by atoms with Gasteiger partial charge in [0.1, 0.15) is 15.9 Å². The van der Waals surface area contributed by atoms with Gasteiger partial charge in [0.25, 0.3) is 10.1 Å². The molecule has 1 N–H and O–H groups in total. The monoisotopic (exact) mass is 2020 g/mol. The van der Waals surface area contributed by atoms with Crippen LogP contribution in [-0.2, 0) is 62.9 Å². The summed E-state index contributed by atoms with van der Waals surface area (Å²) in [6.07, 6.45) is 10.8. The molecule has 16 aromatic carbocycles. The van der Waals surface area contributed by atoms with E-state index in [4.69, 9.17) is 12.6 Å². The van der Waals surface area contributed by atoms with Gasteiger partial charge in [0.15, 0.2) is 17.3 Å². The average molecular weight is 2030 g/mol. The Morgan fingerprint density at radius 1 is 0.262 bits per heavy atom. The first kappa shape index (κ1) is 111. The second kappa shape index (κ2) is 55.5. The average Bonchev–Trinajstić information content (AvgIpc) is 1.62. The number of benzene rings is 16. The van der Waals surface area contributed by atoms with E-state index in [0.717, 1.165) is 129 Å². The molecule has 0 heterocycles. The van der Waals surface area contributed by atoms with Gasteiger partial charge in [-0.3, -0.25) is 33.3 Å². The van der Waals surface area contributed by atoms with Crippen molar-refractivity contribution >= 4 is 132 Å². The number of aryl methyl sites for hydroxylation is 1. The van der Waals surface area contributed by atoms with Gasteiger partial charge in [0.2, 0.25) is 11.6 Å². The Morgan fingerprint density at radius 3 is 0.604 bits per heavy atom. The van der Waals surface area contributed by atoms with Crippen LogP contribution in [0.4, 0.5) is 0 Å². The largest absolute Gasteiger partial charge is 0.744 e. The SMILES string of the molecule is C[CH+]C(CC)CC.C[CH+]C(CC)CC.Cc1ccc(C2=C(c3ccccc3)C(c3ccccc3)=C(c3ccc(S(=O)(=O)[O-])cc3)C2=O)cc1.O=C(C(=O)c1ccccc1)c1ccccc1.O=C(Cc1ccccc1)Cc1ccccc1.O=C1C(c2ccccc2)=C(c2ccccc2)C(c2ccccc2)=C1c1ccc(S(=O)(=O)O)cc1.O=C1C(c2ccccc2)=C(c2ccccc2)C(c2ccccc2)=C1c1ccccc1.O=S(=O)=O. The Bertz CT molecular complexity index is 7570. The van der Waals surface area contributed by atoms with Crippen LogP contribution in [0.15, 0.2) is 477 Å². The fourth-order valence-electron chi connectivity index (χ4n) is 17.6. The fraction of sp³-hybridized carbons (Fsp3) is 0.115. The Balaban J connectivity index is 0.000000162. The summed E-state index contributed by atoms with van der Waals surface area (Å²) in [6, 6.07) is 145. The van der Waals surface area contributed by atoms with E-state index in [1.165, 1.54) is 62.1 Å². The molecule has 0 saturated carbocycles. The zero-order chi connectivity index (χ0) is 106. The standard InChI is InChI=1S/C30H22O4S.C29H20O4S.C29H20O.C15H14O.C14H10O2.2C7H15.O3S/c1-20-12-14-23(15-13-20)28-26(21-8-4-2-5-9-21)27(22-10-6-3-7-11-22)29(30(28)31)24-16-18-25(19-17-24)35(32,33)34;30-29-27(22-14-8-3-9-15-22)25(20-10-4-1-5-11-20)26(21-12-6-2-7-13-21)28(29)23-16-18-24(19-17-23)34(31,32)33;30-29-27(23-17-9-3-10-18-23)25(21-13-5-1-6-14-21)26(22-15-7-2-8-16-22)28(29)24-19-11-4-12-20-24;16-15(11-13-7-3-1-4-8-13)12-14-9-5-2-6-10-14;15-13(11-7-3-1-4-8-11)14(16)12-9-5-2-6-10-12;2*1-4-7(5-2)6-3;1-4(2)3/h2-19H,1H3,(H,32,33,34);1-19H,(H,31,32,33);1-20H;1-10H,11-12H2;1-10H;2*4,7H,5-6H2,1-3H3;/q;;;;;2*+1;/p-1. The second-order valence-electron chi connectivity index (χ2n) is 34.9. The molecule has 0 aromatic heterocycles. The highest BCUT2D eigenvalue weighted by Gasteiger charge is 2.39. The lowest BCUT2D eigenvalue weighted by Gasteiger charge is -2.14. The van der Waals surface area contributed by atoms with E-state index in [0.29, 0.717) is 57.4 Å². The molecule has 149 heavy (non-hydrogen) atoms. The number of Topliss-reactive ketones (excluding diaryl/α,β-unsaturated/α-hetero) is 6. The molecule has 746 valence electrons. The van der Waals surface area contributed by atoms with Crippen LogP contribution >= 0.6 is 0 Å². The number of carbonyl (C=O) groups is 6. The lowest BCUT2D eigenvalue weighted by molar-refractivity contribution is -0.118. The van der Waals surface area contributed by atoms with Crippen molar-refractivity contribution in [2.45, 2.75) is 96.8 Å². The molecule has 3 aliphatic rings. The highest BCUT2D eigenvalue weighted by molar-refractivity contribution is 7.86. The quantitative estimate of drug-likeness (QED) is 0.0217. The minimum Gasteiger partial charge on any atom is -0.744 e. The third-order valence-electron chi connectivity index (χ3n) is 25.2. The van der Waals surface area contributed by atoms with Crippen molar-refractivity contribution in [2.24, 2.45) is 11.8 Å². The van der Waals surface area contributed by atoms with Crippen molar-refractivity contribution < 1.29 is 67.3 Å². The van der Waals surface area contributed by atoms with Crippen LogP contribution in [0.1, 0.15) is 171 Å². The maximum atomic E-state index is 14.1. The summed E-state index contributed by atoms with van der Waals surface area (Å²) in [5.74, 6) is 0.842. The van der Waals surface area contributed by atoms with E-state index in [1.54, 1.807) is 60.7 Å². The number of hydrogen-bond acceptors (Lipinski definition) is 14. The fourth-order valence-corrected chi connectivity index (χ4v) is 18.6. The highest BCUT2D eigenvalue weighted by Crippen LogP contribution is 2.53. The molecule has 0 bridgehead atoms. The van der Waals surface area contributed by atoms with Crippen molar-refractivity contribution in [3.05, 3.63) is 575 Å². The Labute approximate surface area is 876 Å². The van der Waals surface area contributed by atoms with Crippen molar-refractivity contribution in [3.8, 4) is 0 Å². The van der Waals surface area contributed by atoms with Gasteiger partial charge in [0, 0.05) is 90.8 Å². The lowest BCUT2D eigenvalue weighted by atomic mass is 9.89. The zero-order valence-electron chi connectivity index (χ0n) is 83.9. The highest BCUT2D eigenvalue weighted by atomic mass is 32.2. The molecule has 16 aromatic rings. The smallest absolute Gasteiger partial charge is 0.425 e. The minimum atomic E-state index is -4.60. The predicted molar refractivity (Wildman–Crippen MR) is 600 cm³/mol. The molecule has 19 rings (SSSR count). The van der Waals surface area contributed by atoms with Crippen molar-refractivity contribution in [1.29, 1.82) is 0 Å². The molecule has 3 aliphatic carbocycles. The van der Waals surface area contributed by atoms with Crippen LogP contribution < -0.4 is 0 Å². The van der Waals surface area contributed by atoms with E-state index in [1.807, 2.05) is 353 Å². The van der Waals surface area contributed by atoms with Gasteiger partial charge < -0.3 is 4.55 Å². The van der Waals surface area contributed by atoms with Gasteiger partial charge in [-0.15, -0.1) is 12.6 Å². The molecule has 0 spiro atoms. The summed E-state index contributed by atoms with van der Waals surface area (Å²) in [6.45, 7) is 15.2. The third-order valence-corrected chi connectivity index (χ3v) is 26.9. The summed E-state index contributed by atoms with van der Waals surface area (Å²) in [4.78, 5) is 77.0. The topological polar surface area (TPSA) is 265 Å². The Morgan fingerprint density at radius 2 is 0.430 bits per heavy atom. The number of rotatable bonds is 27. The Kier molecular flexibility index (Phi) is 41.3. The van der Waals surface area contributed by atoms with Crippen LogP contribution in [-0.4, -0.2) is 73.3 Å². The second-order valence-corrected chi connectivity index (χ2v) is 38.1. The van der Waals surface area contributed by atoms with Gasteiger partial charge in [-0.2, -0.15) is 8.42 Å². The molecule has 0 aliphatic heterocycles. The molecule has 0 atom stereocenters. The van der Waals surface area contributed by atoms with E-state index < -0.39 is 42.4 Å². The van der Waals surface area contributed by atoms with E-state index in [-0.39, 0.29) is 32.9 Å². The normalized spacial score (nSPS) is 12.5. The van der Waals surface area contributed by atoms with E-state index in [2.05, 4.69) is 78.6 Å². The minimum absolute atomic E-state index is 0.0742. The summed E-state index contributed by atoms with van der Waals surface area (Å²) >= 11 is 0. The van der Waals surface area contributed by atoms with Gasteiger partial charge in [-0.25, -0.2) is 8.42 Å². The first-order valence-corrected chi connectivity index (χ1v) is 53.0. The first-order chi connectivity index (χ1) is 72.2. The van der Waals surface area contributed by atoms with Crippen LogP contribution in [0.25, 0.3) is 66.9 Å². The summed E-state index contributed by atoms with van der Waals surface area (Å²) in [5.41, 5.74) is 23.3. The van der Waals surface area contributed by atoms with Crippen molar-refractivity contribution in [2.75, 3.05) is 0 Å². The molecule has 18 heteroatoms. The molecular weight excluding hydrogens is 1910 g/mol. The molecule has 15 nitrogen and oxygen atoms in total. The molecule has 0 amide bonds. The van der Waals surface area contributed by atoms with Gasteiger partial charge in [-0.1, -0.05) is 476 Å². The molecule has 0 radical (unpaired) electrons. The van der Waals surface area contributed by atoms with Crippen LogP contribution in [0.2, 0.25) is 0 Å². The van der Waals surface area contributed by atoms with E-state index in [9.17, 15) is 54.7 Å². The number of allylic oxidation sites excluding steroid dienone is 12. The van der Waals surface area contributed by atoms with Crippen molar-refractivity contribution in [1.82, 2.24) is 0 Å². The lowest BCUT2D eigenvalue weighted by Crippen LogP contribution is -2.14. The molecule has 0 saturated heterocycles. The number of ketones is 6. The molecule has 0 unspecified atom stereocenters. The maximum Gasteiger partial charge on any atom is 0.425 e.